The molecular weight excluding hydrogens is 338 g/mol. The fourth-order valence-corrected chi connectivity index (χ4v) is 3.39. The molecule has 2 aromatic rings. The van der Waals surface area contributed by atoms with E-state index in [4.69, 9.17) is 0 Å². The number of hydrogen-bond acceptors (Lipinski definition) is 2. The molecule has 1 aliphatic heterocycles. The van der Waals surface area contributed by atoms with E-state index in [1.54, 1.807) is 0 Å². The molecule has 0 unspecified atom stereocenters. The average Bonchev–Trinajstić information content (AvgIpc) is 2.68. The smallest absolute Gasteiger partial charge is 0.317 e. The molecule has 27 heavy (non-hydrogen) atoms. The monoisotopic (exact) mass is 365 g/mol. The summed E-state index contributed by atoms with van der Waals surface area (Å²) in [5, 5.41) is 5.85. The van der Waals surface area contributed by atoms with Crippen LogP contribution in [0.5, 0.6) is 0 Å². The van der Waals surface area contributed by atoms with Crippen LogP contribution in [0.1, 0.15) is 48.5 Å². The normalized spacial score (nSPS) is 14.9. The van der Waals surface area contributed by atoms with E-state index in [1.807, 2.05) is 73.3 Å². The first-order chi connectivity index (χ1) is 13.0. The topological polar surface area (TPSA) is 61.4 Å². The Hall–Kier alpha value is -2.82. The van der Waals surface area contributed by atoms with Crippen molar-refractivity contribution in [3.8, 4) is 0 Å². The molecule has 3 rings (SSSR count). The Labute approximate surface area is 160 Å². The number of carbonyl (C=O) groups excluding carboxylic acids is 2. The van der Waals surface area contributed by atoms with Gasteiger partial charge < -0.3 is 15.5 Å². The van der Waals surface area contributed by atoms with Crippen molar-refractivity contribution in [1.82, 2.24) is 10.2 Å². The maximum Gasteiger partial charge on any atom is 0.317 e. The van der Waals surface area contributed by atoms with Crippen molar-refractivity contribution in [2.75, 3.05) is 18.4 Å². The van der Waals surface area contributed by atoms with Crippen molar-refractivity contribution in [1.29, 1.82) is 0 Å². The summed E-state index contributed by atoms with van der Waals surface area (Å²) in [5.41, 5.74) is 2.67. The molecule has 142 valence electrons. The number of benzene rings is 2. The molecule has 0 saturated carbocycles. The van der Waals surface area contributed by atoms with Gasteiger partial charge in [-0.1, -0.05) is 30.3 Å². The molecule has 0 radical (unpaired) electrons. The number of anilines is 1. The molecule has 1 aliphatic rings. The van der Waals surface area contributed by atoms with E-state index in [2.05, 4.69) is 10.6 Å². The van der Waals surface area contributed by atoms with Crippen LogP contribution < -0.4 is 10.6 Å². The molecule has 3 amide bonds. The van der Waals surface area contributed by atoms with Crippen molar-refractivity contribution in [3.63, 3.8) is 0 Å². The molecule has 5 nitrogen and oxygen atoms in total. The molecule has 0 bridgehead atoms. The minimum atomic E-state index is -0.104. The van der Waals surface area contributed by atoms with Crippen molar-refractivity contribution in [2.45, 2.75) is 38.6 Å². The van der Waals surface area contributed by atoms with E-state index in [9.17, 15) is 9.59 Å². The van der Waals surface area contributed by atoms with Crippen LogP contribution in [0.15, 0.2) is 54.6 Å². The average molecular weight is 365 g/mol. The molecule has 1 saturated heterocycles. The summed E-state index contributed by atoms with van der Waals surface area (Å²) in [6.45, 7) is 5.47. The highest BCUT2D eigenvalue weighted by Gasteiger charge is 2.24. The third-order valence-corrected chi connectivity index (χ3v) is 4.87. The summed E-state index contributed by atoms with van der Waals surface area (Å²) < 4.78 is 0. The van der Waals surface area contributed by atoms with Crippen LogP contribution in [0, 0.1) is 0 Å². The van der Waals surface area contributed by atoms with E-state index < -0.39 is 0 Å². The molecule has 1 heterocycles. The highest BCUT2D eigenvalue weighted by molar-refractivity contribution is 6.04. The Kier molecular flexibility index (Phi) is 6.12. The zero-order valence-electron chi connectivity index (χ0n) is 15.9. The number of likely N-dealkylation sites (tertiary alicyclic amines) is 1. The lowest BCUT2D eigenvalue weighted by Crippen LogP contribution is -2.46. The van der Waals surface area contributed by atoms with Gasteiger partial charge in [-0.3, -0.25) is 4.79 Å². The number of amides is 3. The van der Waals surface area contributed by atoms with E-state index in [-0.39, 0.29) is 18.0 Å². The minimum Gasteiger partial charge on any atom is -0.336 e. The van der Waals surface area contributed by atoms with Gasteiger partial charge >= 0.3 is 6.03 Å². The van der Waals surface area contributed by atoms with Crippen LogP contribution in [0.3, 0.4) is 0 Å². The summed E-state index contributed by atoms with van der Waals surface area (Å²) in [6.07, 6.45) is 1.89. The lowest BCUT2D eigenvalue weighted by atomic mass is 9.89. The fraction of sp³-hybridized carbons (Fsp3) is 0.364. The Morgan fingerprint density at radius 3 is 2.19 bits per heavy atom. The lowest BCUT2D eigenvalue weighted by Gasteiger charge is -2.32. The van der Waals surface area contributed by atoms with Crippen LogP contribution in [0.25, 0.3) is 0 Å². The zero-order valence-corrected chi connectivity index (χ0v) is 15.9. The van der Waals surface area contributed by atoms with Crippen molar-refractivity contribution in [3.05, 3.63) is 65.7 Å². The highest BCUT2D eigenvalue weighted by atomic mass is 16.2. The van der Waals surface area contributed by atoms with Crippen LogP contribution >= 0.6 is 0 Å². The van der Waals surface area contributed by atoms with Crippen LogP contribution in [-0.2, 0) is 0 Å². The van der Waals surface area contributed by atoms with Gasteiger partial charge in [-0.05, 0) is 62.4 Å². The standard InChI is InChI=1S/C22H27N3O2/c1-16(2)23-22(27)25-14-12-18(13-15-25)17-8-10-19(11-9-17)21(26)24-20-6-4-3-5-7-20/h3-11,16,18H,12-15H2,1-2H3,(H,23,27)(H,24,26). The van der Waals surface area contributed by atoms with Gasteiger partial charge in [-0.15, -0.1) is 0 Å². The van der Waals surface area contributed by atoms with Crippen LogP contribution in [0.4, 0.5) is 10.5 Å². The summed E-state index contributed by atoms with van der Waals surface area (Å²) in [5.74, 6) is 0.326. The summed E-state index contributed by atoms with van der Waals surface area (Å²) >= 11 is 0. The number of nitrogens with one attached hydrogen (secondary N) is 2. The van der Waals surface area contributed by atoms with Gasteiger partial charge in [0.25, 0.3) is 5.91 Å². The van der Waals surface area contributed by atoms with E-state index in [0.29, 0.717) is 11.5 Å². The van der Waals surface area contributed by atoms with Gasteiger partial charge in [0.2, 0.25) is 0 Å². The number of para-hydroxylation sites is 1. The lowest BCUT2D eigenvalue weighted by molar-refractivity contribution is 0.102. The Morgan fingerprint density at radius 2 is 1.59 bits per heavy atom. The largest absolute Gasteiger partial charge is 0.336 e. The first-order valence-electron chi connectivity index (χ1n) is 9.54. The number of urea groups is 1. The van der Waals surface area contributed by atoms with Crippen molar-refractivity contribution < 1.29 is 9.59 Å². The molecule has 2 aromatic carbocycles. The van der Waals surface area contributed by atoms with Crippen molar-refractivity contribution in [2.24, 2.45) is 0 Å². The second kappa shape index (κ2) is 8.71. The first kappa shape index (κ1) is 19.0. The summed E-state index contributed by atoms with van der Waals surface area (Å²) in [7, 11) is 0. The van der Waals surface area contributed by atoms with Gasteiger partial charge in [0.05, 0.1) is 0 Å². The van der Waals surface area contributed by atoms with E-state index >= 15 is 0 Å². The second-order valence-corrected chi connectivity index (χ2v) is 7.31. The zero-order chi connectivity index (χ0) is 19.2. The third-order valence-electron chi connectivity index (χ3n) is 4.87. The number of nitrogens with zero attached hydrogens (tertiary/aromatic N) is 1. The van der Waals surface area contributed by atoms with Crippen molar-refractivity contribution >= 4 is 17.6 Å². The van der Waals surface area contributed by atoms with Gasteiger partial charge in [-0.25, -0.2) is 4.79 Å². The van der Waals surface area contributed by atoms with Gasteiger partial charge in [-0.2, -0.15) is 0 Å². The molecular formula is C22H27N3O2. The summed E-state index contributed by atoms with van der Waals surface area (Å²) in [6, 6.07) is 17.5. The Morgan fingerprint density at radius 1 is 0.963 bits per heavy atom. The first-order valence-corrected chi connectivity index (χ1v) is 9.54. The maximum atomic E-state index is 12.3. The quantitative estimate of drug-likeness (QED) is 0.851. The number of rotatable bonds is 4. The maximum absolute atomic E-state index is 12.3. The summed E-state index contributed by atoms with van der Waals surface area (Å²) in [4.78, 5) is 26.3. The molecule has 0 aliphatic carbocycles. The molecule has 0 aromatic heterocycles. The number of hydrogen-bond donors (Lipinski definition) is 2. The molecule has 0 spiro atoms. The van der Waals surface area contributed by atoms with E-state index in [1.165, 1.54) is 5.56 Å². The predicted molar refractivity (Wildman–Crippen MR) is 108 cm³/mol. The number of piperidine rings is 1. The Balaban J connectivity index is 1.55. The third kappa shape index (κ3) is 5.09. The molecule has 2 N–H and O–H groups in total. The molecule has 5 heteroatoms. The van der Waals surface area contributed by atoms with Crippen LogP contribution in [0.2, 0.25) is 0 Å². The van der Waals surface area contributed by atoms with Crippen LogP contribution in [-0.4, -0.2) is 36.0 Å². The minimum absolute atomic E-state index is 0.0244. The van der Waals surface area contributed by atoms with Gasteiger partial charge in [0.1, 0.15) is 0 Å². The van der Waals surface area contributed by atoms with E-state index in [0.717, 1.165) is 31.6 Å². The molecule has 0 atom stereocenters. The SMILES string of the molecule is CC(C)NC(=O)N1CCC(c2ccc(C(=O)Nc3ccccc3)cc2)CC1. The van der Waals surface area contributed by atoms with Gasteiger partial charge in [0.15, 0.2) is 0 Å². The molecule has 1 fully saturated rings. The number of carbonyl (C=O) groups is 2. The fourth-order valence-electron chi connectivity index (χ4n) is 3.39. The van der Waals surface area contributed by atoms with Gasteiger partial charge in [0, 0.05) is 30.4 Å². The Bertz CT molecular complexity index is 764. The predicted octanol–water partition coefficient (Wildman–Crippen LogP) is 4.24. The highest BCUT2D eigenvalue weighted by Crippen LogP contribution is 2.28. The second-order valence-electron chi connectivity index (χ2n) is 7.31.